The number of amides is 1. The van der Waals surface area contributed by atoms with Gasteiger partial charge in [-0.1, -0.05) is 11.6 Å². The number of aliphatic hydroxyl groups excluding tert-OH is 1. The van der Waals surface area contributed by atoms with E-state index in [4.69, 9.17) is 25.8 Å². The van der Waals surface area contributed by atoms with E-state index in [1.54, 1.807) is 49.6 Å². The van der Waals surface area contributed by atoms with Crippen molar-refractivity contribution in [2.75, 3.05) is 53.6 Å². The first-order valence-electron chi connectivity index (χ1n) is 11.0. The normalized spacial score (nSPS) is 20.6. The van der Waals surface area contributed by atoms with Gasteiger partial charge in [0.25, 0.3) is 11.7 Å². The molecule has 0 spiro atoms. The molecule has 2 aromatic rings. The molecule has 34 heavy (non-hydrogen) atoms. The maximum Gasteiger partial charge on any atom is 0.295 e. The predicted octanol–water partition coefficient (Wildman–Crippen LogP) is 3.11. The zero-order chi connectivity index (χ0) is 24.2. The van der Waals surface area contributed by atoms with Gasteiger partial charge in [0, 0.05) is 48.4 Å². The molecular formula is C25H27ClN2O6. The Morgan fingerprint density at radius 2 is 1.76 bits per heavy atom. The lowest BCUT2D eigenvalue weighted by molar-refractivity contribution is -0.140. The van der Waals surface area contributed by atoms with Crippen molar-refractivity contribution in [2.45, 2.75) is 6.04 Å². The number of halogens is 1. The Morgan fingerprint density at radius 1 is 1.06 bits per heavy atom. The van der Waals surface area contributed by atoms with Crippen LogP contribution in [0.25, 0.3) is 5.76 Å². The third kappa shape index (κ3) is 4.75. The van der Waals surface area contributed by atoms with E-state index < -0.39 is 17.7 Å². The summed E-state index contributed by atoms with van der Waals surface area (Å²) in [5.41, 5.74) is 0.991. The zero-order valence-corrected chi connectivity index (χ0v) is 19.9. The summed E-state index contributed by atoms with van der Waals surface area (Å²) >= 11 is 5.99. The topological polar surface area (TPSA) is 88.5 Å². The number of likely N-dealkylation sites (tertiary alicyclic amines) is 1. The number of morpholine rings is 1. The van der Waals surface area contributed by atoms with E-state index in [1.807, 2.05) is 0 Å². The number of aliphatic hydroxyl groups is 1. The van der Waals surface area contributed by atoms with Gasteiger partial charge in [0.15, 0.2) is 0 Å². The van der Waals surface area contributed by atoms with E-state index in [9.17, 15) is 14.7 Å². The lowest BCUT2D eigenvalue weighted by Gasteiger charge is -2.31. The predicted molar refractivity (Wildman–Crippen MR) is 127 cm³/mol. The van der Waals surface area contributed by atoms with Crippen molar-refractivity contribution in [1.82, 2.24) is 9.80 Å². The monoisotopic (exact) mass is 486 g/mol. The van der Waals surface area contributed by atoms with Crippen LogP contribution in [-0.4, -0.2) is 80.2 Å². The minimum atomic E-state index is -0.822. The van der Waals surface area contributed by atoms with Crippen molar-refractivity contribution in [3.8, 4) is 11.5 Å². The van der Waals surface area contributed by atoms with Crippen LogP contribution >= 0.6 is 11.6 Å². The molecule has 180 valence electrons. The van der Waals surface area contributed by atoms with E-state index in [1.165, 1.54) is 12.0 Å². The second kappa shape index (κ2) is 10.5. The molecule has 0 bridgehead atoms. The summed E-state index contributed by atoms with van der Waals surface area (Å²) in [5, 5.41) is 11.7. The Morgan fingerprint density at radius 3 is 2.41 bits per heavy atom. The molecule has 0 aromatic heterocycles. The van der Waals surface area contributed by atoms with Gasteiger partial charge in [-0.25, -0.2) is 0 Å². The van der Waals surface area contributed by atoms with Gasteiger partial charge in [-0.2, -0.15) is 0 Å². The van der Waals surface area contributed by atoms with Crippen LogP contribution in [0.5, 0.6) is 11.5 Å². The van der Waals surface area contributed by atoms with Crippen molar-refractivity contribution < 1.29 is 28.9 Å². The molecule has 2 aliphatic rings. The van der Waals surface area contributed by atoms with Crippen molar-refractivity contribution in [1.29, 1.82) is 0 Å². The standard InChI is InChI=1S/C25H27ClN2O6/c1-32-18-7-8-19(20(15-18)33-2)22-21(23(29)16-3-5-17(26)6-4-16)24(30)25(31)28(22)10-9-27-11-13-34-14-12-27/h3-8,15,22,29H,9-14H2,1-2H3/b23-21+/t22-/m0/s1. The SMILES string of the molecule is COc1ccc([C@H]2/C(=C(\O)c3ccc(Cl)cc3)C(=O)C(=O)N2CCN2CCOCC2)c(OC)c1. The summed E-state index contributed by atoms with van der Waals surface area (Å²) in [6.07, 6.45) is 0. The number of ketones is 1. The van der Waals surface area contributed by atoms with Crippen LogP contribution in [0.2, 0.25) is 5.02 Å². The van der Waals surface area contributed by atoms with Gasteiger partial charge in [-0.15, -0.1) is 0 Å². The number of carbonyl (C=O) groups excluding carboxylic acids is 2. The lowest BCUT2D eigenvalue weighted by atomic mass is 9.94. The maximum atomic E-state index is 13.2. The Bertz CT molecular complexity index is 1100. The number of hydrogen-bond donors (Lipinski definition) is 1. The summed E-state index contributed by atoms with van der Waals surface area (Å²) in [6.45, 7) is 3.65. The summed E-state index contributed by atoms with van der Waals surface area (Å²) < 4.78 is 16.3. The maximum absolute atomic E-state index is 13.2. The first-order valence-corrected chi connectivity index (χ1v) is 11.4. The molecule has 1 N–H and O–H groups in total. The van der Waals surface area contributed by atoms with E-state index in [0.717, 1.165) is 13.1 Å². The molecule has 9 heteroatoms. The quantitative estimate of drug-likeness (QED) is 0.365. The third-order valence-corrected chi connectivity index (χ3v) is 6.41. The third-order valence-electron chi connectivity index (χ3n) is 6.15. The molecule has 2 saturated heterocycles. The second-order valence-electron chi connectivity index (χ2n) is 8.06. The Labute approximate surface area is 203 Å². The number of Topliss-reactive ketones (excluding diaryl/α,β-unsaturated/α-hetero) is 1. The molecule has 2 aromatic carbocycles. The van der Waals surface area contributed by atoms with E-state index in [2.05, 4.69) is 4.90 Å². The van der Waals surface area contributed by atoms with Crippen molar-refractivity contribution in [3.05, 3.63) is 64.2 Å². The van der Waals surface area contributed by atoms with Crippen LogP contribution in [0.3, 0.4) is 0 Å². The Hall–Kier alpha value is -3.07. The largest absolute Gasteiger partial charge is 0.507 e. The fourth-order valence-corrected chi connectivity index (χ4v) is 4.44. The highest BCUT2D eigenvalue weighted by atomic mass is 35.5. The minimum Gasteiger partial charge on any atom is -0.507 e. The molecule has 0 radical (unpaired) electrons. The summed E-state index contributed by atoms with van der Waals surface area (Å²) in [6, 6.07) is 10.8. The number of rotatable bonds is 7. The number of carbonyl (C=O) groups is 2. The van der Waals surface area contributed by atoms with Gasteiger partial charge in [0.05, 0.1) is 39.0 Å². The molecule has 2 fully saturated rings. The molecule has 0 saturated carbocycles. The van der Waals surface area contributed by atoms with Gasteiger partial charge in [0.2, 0.25) is 0 Å². The molecule has 1 amide bonds. The molecule has 8 nitrogen and oxygen atoms in total. The van der Waals surface area contributed by atoms with Gasteiger partial charge in [-0.3, -0.25) is 14.5 Å². The number of benzene rings is 2. The van der Waals surface area contributed by atoms with Gasteiger partial charge in [0.1, 0.15) is 17.3 Å². The highest BCUT2D eigenvalue weighted by Gasteiger charge is 2.47. The molecule has 1 atom stereocenters. The average Bonchev–Trinajstić information content (AvgIpc) is 3.12. The van der Waals surface area contributed by atoms with Gasteiger partial charge < -0.3 is 24.2 Å². The fourth-order valence-electron chi connectivity index (χ4n) is 4.32. The number of nitrogens with zero attached hydrogens (tertiary/aromatic N) is 2. The molecular weight excluding hydrogens is 460 g/mol. The summed E-state index contributed by atoms with van der Waals surface area (Å²) in [4.78, 5) is 30.1. The average molecular weight is 487 g/mol. The van der Waals surface area contributed by atoms with Crippen LogP contribution in [-0.2, 0) is 14.3 Å². The highest BCUT2D eigenvalue weighted by molar-refractivity contribution is 6.46. The minimum absolute atomic E-state index is 0.0118. The van der Waals surface area contributed by atoms with Crippen LogP contribution < -0.4 is 9.47 Å². The molecule has 2 heterocycles. The molecule has 4 rings (SSSR count). The summed E-state index contributed by atoms with van der Waals surface area (Å²) in [7, 11) is 3.06. The van der Waals surface area contributed by atoms with Crippen LogP contribution in [0.15, 0.2) is 48.0 Å². The van der Waals surface area contributed by atoms with Crippen molar-refractivity contribution in [2.24, 2.45) is 0 Å². The number of hydrogen-bond acceptors (Lipinski definition) is 7. The van der Waals surface area contributed by atoms with E-state index in [-0.39, 0.29) is 11.3 Å². The molecule has 0 aliphatic carbocycles. The Balaban J connectivity index is 1.79. The van der Waals surface area contributed by atoms with Crippen molar-refractivity contribution in [3.63, 3.8) is 0 Å². The van der Waals surface area contributed by atoms with E-state index >= 15 is 0 Å². The number of ether oxygens (including phenoxy) is 3. The Kier molecular flexibility index (Phi) is 7.41. The van der Waals surface area contributed by atoms with Gasteiger partial charge >= 0.3 is 0 Å². The molecule has 2 aliphatic heterocycles. The highest BCUT2D eigenvalue weighted by Crippen LogP contribution is 2.43. The first-order chi connectivity index (χ1) is 16.4. The van der Waals surface area contributed by atoms with Crippen LogP contribution in [0.1, 0.15) is 17.2 Å². The summed E-state index contributed by atoms with van der Waals surface area (Å²) in [5.74, 6) is -0.635. The zero-order valence-electron chi connectivity index (χ0n) is 19.1. The van der Waals surface area contributed by atoms with Gasteiger partial charge in [-0.05, 0) is 36.4 Å². The van der Waals surface area contributed by atoms with E-state index in [0.29, 0.717) is 54.0 Å². The smallest absolute Gasteiger partial charge is 0.295 e. The number of methoxy groups -OCH3 is 2. The van der Waals surface area contributed by atoms with Crippen LogP contribution in [0, 0.1) is 0 Å². The molecule has 0 unspecified atom stereocenters. The first kappa shape index (κ1) is 24.1. The second-order valence-corrected chi connectivity index (χ2v) is 8.50. The fraction of sp³-hybridized carbons (Fsp3) is 0.360. The lowest BCUT2D eigenvalue weighted by Crippen LogP contribution is -2.42. The van der Waals surface area contributed by atoms with Crippen molar-refractivity contribution >= 4 is 29.1 Å². The van der Waals surface area contributed by atoms with Crippen LogP contribution in [0.4, 0.5) is 0 Å².